The van der Waals surface area contributed by atoms with Crippen molar-refractivity contribution in [1.29, 1.82) is 0 Å². The SMILES string of the molecule is Cc1cc(C2(N3CCC(O)CC3)CC2)ccc1Br. The van der Waals surface area contributed by atoms with Gasteiger partial charge in [0.05, 0.1) is 6.10 Å². The predicted octanol–water partition coefficient (Wildman–Crippen LogP) is 3.20. The minimum absolute atomic E-state index is 0.0799. The molecule has 2 fully saturated rings. The third kappa shape index (κ3) is 2.13. The normalized spacial score (nSPS) is 24.2. The second-order valence-electron chi connectivity index (χ2n) is 5.71. The summed E-state index contributed by atoms with van der Waals surface area (Å²) in [6, 6.07) is 6.75. The van der Waals surface area contributed by atoms with E-state index in [4.69, 9.17) is 0 Å². The number of nitrogens with zero attached hydrogens (tertiary/aromatic N) is 1. The summed E-state index contributed by atoms with van der Waals surface area (Å²) >= 11 is 3.57. The summed E-state index contributed by atoms with van der Waals surface area (Å²) in [5, 5.41) is 9.63. The molecule has 3 rings (SSSR count). The molecule has 2 nitrogen and oxygen atoms in total. The Morgan fingerprint density at radius 1 is 1.28 bits per heavy atom. The molecule has 0 aromatic heterocycles. The van der Waals surface area contributed by atoms with E-state index in [1.165, 1.54) is 28.4 Å². The Morgan fingerprint density at radius 2 is 1.94 bits per heavy atom. The van der Waals surface area contributed by atoms with Crippen molar-refractivity contribution in [3.05, 3.63) is 33.8 Å². The van der Waals surface area contributed by atoms with Crippen molar-refractivity contribution in [2.24, 2.45) is 0 Å². The quantitative estimate of drug-likeness (QED) is 0.907. The van der Waals surface area contributed by atoms with E-state index in [2.05, 4.69) is 46.0 Å². The number of rotatable bonds is 2. The Morgan fingerprint density at radius 3 is 2.50 bits per heavy atom. The highest BCUT2D eigenvalue weighted by Crippen LogP contribution is 2.52. The maximum Gasteiger partial charge on any atom is 0.0564 e. The third-order valence-electron chi connectivity index (χ3n) is 4.49. The molecule has 0 spiro atoms. The van der Waals surface area contributed by atoms with Crippen LogP contribution in [-0.4, -0.2) is 29.2 Å². The standard InChI is InChI=1S/C15H20BrNO/c1-11-10-12(2-3-14(11)16)15(6-7-15)17-8-4-13(18)5-9-17/h2-3,10,13,18H,4-9H2,1H3. The molecule has 98 valence electrons. The zero-order valence-corrected chi connectivity index (χ0v) is 12.4. The van der Waals surface area contributed by atoms with E-state index in [1.807, 2.05) is 0 Å². The molecule has 0 atom stereocenters. The Bertz CT molecular complexity index is 448. The number of hydrogen-bond acceptors (Lipinski definition) is 2. The fourth-order valence-electron chi connectivity index (χ4n) is 3.13. The first kappa shape index (κ1) is 12.6. The molecule has 1 aromatic rings. The van der Waals surface area contributed by atoms with Gasteiger partial charge in [0.15, 0.2) is 0 Å². The molecule has 0 radical (unpaired) electrons. The van der Waals surface area contributed by atoms with Crippen molar-refractivity contribution in [2.45, 2.75) is 44.2 Å². The predicted molar refractivity (Wildman–Crippen MR) is 76.6 cm³/mol. The van der Waals surface area contributed by atoms with Crippen molar-refractivity contribution < 1.29 is 5.11 Å². The van der Waals surface area contributed by atoms with Gasteiger partial charge in [-0.2, -0.15) is 0 Å². The number of aliphatic hydroxyl groups excluding tert-OH is 1. The van der Waals surface area contributed by atoms with Crippen molar-refractivity contribution in [2.75, 3.05) is 13.1 Å². The summed E-state index contributed by atoms with van der Waals surface area (Å²) in [6.45, 7) is 4.23. The number of likely N-dealkylation sites (tertiary alicyclic amines) is 1. The van der Waals surface area contributed by atoms with E-state index in [9.17, 15) is 5.11 Å². The Hall–Kier alpha value is -0.380. The van der Waals surface area contributed by atoms with Gasteiger partial charge in [0.2, 0.25) is 0 Å². The average molecular weight is 310 g/mol. The molecule has 0 amide bonds. The minimum atomic E-state index is -0.0799. The van der Waals surface area contributed by atoms with E-state index >= 15 is 0 Å². The van der Waals surface area contributed by atoms with Gasteiger partial charge >= 0.3 is 0 Å². The topological polar surface area (TPSA) is 23.5 Å². The second-order valence-corrected chi connectivity index (χ2v) is 6.57. The first-order chi connectivity index (χ1) is 8.62. The van der Waals surface area contributed by atoms with Gasteiger partial charge in [-0.25, -0.2) is 0 Å². The summed E-state index contributed by atoms with van der Waals surface area (Å²) in [5.74, 6) is 0. The summed E-state index contributed by atoms with van der Waals surface area (Å²) in [7, 11) is 0. The Balaban J connectivity index is 1.84. The molecular formula is C15H20BrNO. The molecule has 3 heteroatoms. The lowest BCUT2D eigenvalue weighted by Crippen LogP contribution is -2.42. The Labute approximate surface area is 117 Å². The van der Waals surface area contributed by atoms with Crippen molar-refractivity contribution in [3.63, 3.8) is 0 Å². The zero-order chi connectivity index (χ0) is 12.8. The second kappa shape index (κ2) is 4.62. The number of aliphatic hydroxyl groups is 1. The molecule has 0 bridgehead atoms. The van der Waals surface area contributed by atoms with Crippen LogP contribution < -0.4 is 0 Å². The van der Waals surface area contributed by atoms with Crippen molar-refractivity contribution in [3.8, 4) is 0 Å². The fraction of sp³-hybridized carbons (Fsp3) is 0.600. The molecule has 18 heavy (non-hydrogen) atoms. The van der Waals surface area contributed by atoms with Crippen molar-refractivity contribution in [1.82, 2.24) is 4.90 Å². The van der Waals surface area contributed by atoms with Crippen LogP contribution in [0.5, 0.6) is 0 Å². The lowest BCUT2D eigenvalue weighted by atomic mass is 9.97. The maximum absolute atomic E-state index is 9.63. The van der Waals surface area contributed by atoms with Gasteiger partial charge in [0.1, 0.15) is 0 Å². The number of halogens is 1. The number of aryl methyl sites for hydroxylation is 1. The molecule has 1 heterocycles. The van der Waals surface area contributed by atoms with Crippen molar-refractivity contribution >= 4 is 15.9 Å². The molecule has 2 aliphatic rings. The van der Waals surface area contributed by atoms with E-state index in [-0.39, 0.29) is 11.6 Å². The van der Waals surface area contributed by atoms with Crippen LogP contribution in [-0.2, 0) is 5.54 Å². The van der Waals surface area contributed by atoms with Crippen LogP contribution in [0.15, 0.2) is 22.7 Å². The number of piperidine rings is 1. The largest absolute Gasteiger partial charge is 0.393 e. The highest BCUT2D eigenvalue weighted by atomic mass is 79.9. The Kier molecular flexibility index (Phi) is 3.25. The van der Waals surface area contributed by atoms with Gasteiger partial charge in [-0.15, -0.1) is 0 Å². The molecule has 1 saturated carbocycles. The monoisotopic (exact) mass is 309 g/mol. The first-order valence-electron chi connectivity index (χ1n) is 6.81. The minimum Gasteiger partial charge on any atom is -0.393 e. The fourth-order valence-corrected chi connectivity index (χ4v) is 3.38. The van der Waals surface area contributed by atoms with E-state index in [0.29, 0.717) is 0 Å². The van der Waals surface area contributed by atoms with Crippen LogP contribution in [0.2, 0.25) is 0 Å². The zero-order valence-electron chi connectivity index (χ0n) is 10.8. The maximum atomic E-state index is 9.63. The molecule has 1 aliphatic carbocycles. The summed E-state index contributed by atoms with van der Waals surface area (Å²) in [4.78, 5) is 2.59. The molecule has 1 N–H and O–H groups in total. The number of benzene rings is 1. The molecule has 1 aromatic carbocycles. The summed E-state index contributed by atoms with van der Waals surface area (Å²) in [6.07, 6.45) is 4.31. The van der Waals surface area contributed by atoms with Gasteiger partial charge < -0.3 is 5.11 Å². The van der Waals surface area contributed by atoms with E-state index in [1.54, 1.807) is 0 Å². The van der Waals surface area contributed by atoms with E-state index in [0.717, 1.165) is 25.9 Å². The molecule has 0 unspecified atom stereocenters. The average Bonchev–Trinajstić information content (AvgIpc) is 3.15. The molecule has 1 saturated heterocycles. The highest BCUT2D eigenvalue weighted by molar-refractivity contribution is 9.10. The third-order valence-corrected chi connectivity index (χ3v) is 5.38. The first-order valence-corrected chi connectivity index (χ1v) is 7.61. The van der Waals surface area contributed by atoms with E-state index < -0.39 is 0 Å². The van der Waals surface area contributed by atoms with Crippen LogP contribution in [0.25, 0.3) is 0 Å². The highest BCUT2D eigenvalue weighted by Gasteiger charge is 2.49. The lowest BCUT2D eigenvalue weighted by molar-refractivity contribution is 0.0522. The van der Waals surface area contributed by atoms with Gasteiger partial charge in [0.25, 0.3) is 0 Å². The van der Waals surface area contributed by atoms with Crippen LogP contribution in [0.3, 0.4) is 0 Å². The smallest absolute Gasteiger partial charge is 0.0564 e. The summed E-state index contributed by atoms with van der Waals surface area (Å²) < 4.78 is 1.19. The molecule has 1 aliphatic heterocycles. The van der Waals surface area contributed by atoms with Gasteiger partial charge in [-0.05, 0) is 49.8 Å². The number of hydrogen-bond donors (Lipinski definition) is 1. The molecular weight excluding hydrogens is 290 g/mol. The lowest BCUT2D eigenvalue weighted by Gasteiger charge is -2.37. The van der Waals surface area contributed by atoms with Crippen LogP contribution in [0, 0.1) is 6.92 Å². The van der Waals surface area contributed by atoms with Gasteiger partial charge in [-0.1, -0.05) is 28.1 Å². The van der Waals surface area contributed by atoms with Gasteiger partial charge in [0, 0.05) is 23.1 Å². The van der Waals surface area contributed by atoms with Crippen LogP contribution >= 0.6 is 15.9 Å². The summed E-state index contributed by atoms with van der Waals surface area (Å²) in [5.41, 5.74) is 3.06. The van der Waals surface area contributed by atoms with Gasteiger partial charge in [-0.3, -0.25) is 4.90 Å². The van der Waals surface area contributed by atoms with Crippen LogP contribution in [0.4, 0.5) is 0 Å². The van der Waals surface area contributed by atoms with Crippen LogP contribution in [0.1, 0.15) is 36.8 Å².